The maximum atomic E-state index is 5.42. The number of nitrogen functional groups attached to an aromatic ring is 1. The number of hydrogen-bond acceptors (Lipinski definition) is 5. The molecule has 1 aromatic heterocycles. The standard InChI is InChI=1S/C11H15N5O/c1-17-9-5-3-2-4-8(9)6-7-13-11-14-10(12)15-16-11/h2-5H,6-7H2,1H3,(H4,12,13,14,15,16). The summed E-state index contributed by atoms with van der Waals surface area (Å²) in [5, 5.41) is 9.53. The van der Waals surface area contributed by atoms with Gasteiger partial charge in [0.2, 0.25) is 11.9 Å². The van der Waals surface area contributed by atoms with E-state index in [4.69, 9.17) is 10.5 Å². The zero-order valence-electron chi connectivity index (χ0n) is 9.60. The van der Waals surface area contributed by atoms with Crippen LogP contribution in [0.15, 0.2) is 24.3 Å². The van der Waals surface area contributed by atoms with Gasteiger partial charge >= 0.3 is 0 Å². The Labute approximate surface area is 99.2 Å². The minimum absolute atomic E-state index is 0.310. The van der Waals surface area contributed by atoms with Crippen molar-refractivity contribution in [2.45, 2.75) is 6.42 Å². The molecule has 0 radical (unpaired) electrons. The lowest BCUT2D eigenvalue weighted by Gasteiger charge is -2.07. The van der Waals surface area contributed by atoms with Crippen LogP contribution in [0.4, 0.5) is 11.9 Å². The molecule has 0 saturated heterocycles. The van der Waals surface area contributed by atoms with Crippen molar-refractivity contribution in [3.05, 3.63) is 29.8 Å². The summed E-state index contributed by atoms with van der Waals surface area (Å²) in [4.78, 5) is 3.95. The van der Waals surface area contributed by atoms with E-state index < -0.39 is 0 Å². The number of nitrogens with two attached hydrogens (primary N) is 1. The fourth-order valence-corrected chi connectivity index (χ4v) is 1.57. The molecule has 6 nitrogen and oxygen atoms in total. The largest absolute Gasteiger partial charge is 0.496 e. The average Bonchev–Trinajstić information content (AvgIpc) is 2.76. The lowest BCUT2D eigenvalue weighted by atomic mass is 10.1. The molecule has 0 unspecified atom stereocenters. The van der Waals surface area contributed by atoms with E-state index in [0.29, 0.717) is 11.9 Å². The second kappa shape index (κ2) is 5.20. The first-order valence-electron chi connectivity index (χ1n) is 5.33. The number of H-pyrrole nitrogens is 1. The van der Waals surface area contributed by atoms with Crippen LogP contribution in [0.25, 0.3) is 0 Å². The van der Waals surface area contributed by atoms with Gasteiger partial charge in [-0.05, 0) is 18.1 Å². The number of aromatic nitrogens is 3. The highest BCUT2D eigenvalue weighted by Gasteiger charge is 2.02. The van der Waals surface area contributed by atoms with Crippen molar-refractivity contribution >= 4 is 11.9 Å². The van der Waals surface area contributed by atoms with Crippen molar-refractivity contribution in [3.8, 4) is 5.75 Å². The second-order valence-corrected chi connectivity index (χ2v) is 3.53. The Balaban J connectivity index is 1.89. The van der Waals surface area contributed by atoms with Gasteiger partial charge in [0.1, 0.15) is 5.75 Å². The highest BCUT2D eigenvalue weighted by Crippen LogP contribution is 2.17. The smallest absolute Gasteiger partial charge is 0.243 e. The monoisotopic (exact) mass is 233 g/mol. The van der Waals surface area contributed by atoms with Gasteiger partial charge in [-0.3, -0.25) is 0 Å². The summed E-state index contributed by atoms with van der Waals surface area (Å²) in [6.07, 6.45) is 0.832. The fraction of sp³-hybridized carbons (Fsp3) is 0.273. The van der Waals surface area contributed by atoms with Crippen LogP contribution in [-0.2, 0) is 6.42 Å². The van der Waals surface area contributed by atoms with E-state index in [2.05, 4.69) is 20.5 Å². The van der Waals surface area contributed by atoms with Gasteiger partial charge in [0, 0.05) is 6.54 Å². The number of aromatic amines is 1. The van der Waals surface area contributed by atoms with Gasteiger partial charge in [-0.25, -0.2) is 5.10 Å². The normalized spacial score (nSPS) is 10.2. The third-order valence-electron chi connectivity index (χ3n) is 2.37. The number of nitrogens with one attached hydrogen (secondary N) is 2. The number of benzene rings is 1. The van der Waals surface area contributed by atoms with Gasteiger partial charge in [0.05, 0.1) is 7.11 Å². The lowest BCUT2D eigenvalue weighted by Crippen LogP contribution is -2.07. The van der Waals surface area contributed by atoms with Crippen LogP contribution in [0.3, 0.4) is 0 Å². The molecule has 0 atom stereocenters. The van der Waals surface area contributed by atoms with Crippen molar-refractivity contribution in [1.82, 2.24) is 15.2 Å². The molecule has 4 N–H and O–H groups in total. The zero-order chi connectivity index (χ0) is 12.1. The molecule has 1 heterocycles. The second-order valence-electron chi connectivity index (χ2n) is 3.53. The van der Waals surface area contributed by atoms with Crippen LogP contribution in [-0.4, -0.2) is 28.8 Å². The van der Waals surface area contributed by atoms with Gasteiger partial charge in [-0.2, -0.15) is 4.98 Å². The van der Waals surface area contributed by atoms with Gasteiger partial charge in [0.15, 0.2) is 0 Å². The minimum atomic E-state index is 0.310. The van der Waals surface area contributed by atoms with E-state index in [1.54, 1.807) is 7.11 Å². The van der Waals surface area contributed by atoms with Crippen molar-refractivity contribution in [1.29, 1.82) is 0 Å². The molecular formula is C11H15N5O. The first kappa shape index (κ1) is 11.3. The van der Waals surface area contributed by atoms with Gasteiger partial charge in [0.25, 0.3) is 0 Å². The number of ether oxygens (including phenoxy) is 1. The SMILES string of the molecule is COc1ccccc1CCNc1n[nH]c(N)n1. The van der Waals surface area contributed by atoms with Crippen molar-refractivity contribution in [2.24, 2.45) is 0 Å². The summed E-state index contributed by atoms with van der Waals surface area (Å²) >= 11 is 0. The van der Waals surface area contributed by atoms with E-state index in [1.165, 1.54) is 0 Å². The molecule has 0 aliphatic heterocycles. The summed E-state index contributed by atoms with van der Waals surface area (Å²) in [6, 6.07) is 7.92. The van der Waals surface area contributed by atoms with E-state index in [-0.39, 0.29) is 0 Å². The van der Waals surface area contributed by atoms with E-state index in [1.807, 2.05) is 24.3 Å². The number of para-hydroxylation sites is 1. The molecular weight excluding hydrogens is 218 g/mol. The third kappa shape index (κ3) is 2.87. The first-order chi connectivity index (χ1) is 8.29. The number of rotatable bonds is 5. The molecule has 1 aromatic carbocycles. The number of hydrogen-bond donors (Lipinski definition) is 3. The van der Waals surface area contributed by atoms with E-state index in [0.717, 1.165) is 24.3 Å². The molecule has 0 amide bonds. The topological polar surface area (TPSA) is 88.8 Å². The summed E-state index contributed by atoms with van der Waals surface area (Å²) in [6.45, 7) is 0.720. The molecule has 0 spiro atoms. The molecule has 0 aliphatic rings. The maximum Gasteiger partial charge on any atom is 0.243 e. The van der Waals surface area contributed by atoms with Crippen LogP contribution in [0.1, 0.15) is 5.56 Å². The van der Waals surface area contributed by atoms with Crippen molar-refractivity contribution in [2.75, 3.05) is 24.7 Å². The zero-order valence-corrected chi connectivity index (χ0v) is 9.60. The van der Waals surface area contributed by atoms with E-state index >= 15 is 0 Å². The lowest BCUT2D eigenvalue weighted by molar-refractivity contribution is 0.410. The number of methoxy groups -OCH3 is 1. The molecule has 2 aromatic rings. The molecule has 17 heavy (non-hydrogen) atoms. The molecule has 2 rings (SSSR count). The molecule has 90 valence electrons. The summed E-state index contributed by atoms with van der Waals surface area (Å²) in [5.41, 5.74) is 6.56. The predicted molar refractivity (Wildman–Crippen MR) is 66.0 cm³/mol. The predicted octanol–water partition coefficient (Wildman–Crippen LogP) is 1.05. The van der Waals surface area contributed by atoms with Crippen LogP contribution in [0.2, 0.25) is 0 Å². The van der Waals surface area contributed by atoms with Crippen LogP contribution >= 0.6 is 0 Å². The van der Waals surface area contributed by atoms with E-state index in [9.17, 15) is 0 Å². The molecule has 0 bridgehead atoms. The van der Waals surface area contributed by atoms with Gasteiger partial charge in [-0.1, -0.05) is 18.2 Å². The highest BCUT2D eigenvalue weighted by molar-refractivity contribution is 5.35. The van der Waals surface area contributed by atoms with Gasteiger partial charge in [-0.15, -0.1) is 5.10 Å². The maximum absolute atomic E-state index is 5.42. The number of nitrogens with zero attached hydrogens (tertiary/aromatic N) is 2. The van der Waals surface area contributed by atoms with Crippen LogP contribution < -0.4 is 15.8 Å². The van der Waals surface area contributed by atoms with Crippen LogP contribution in [0.5, 0.6) is 5.75 Å². The molecule has 6 heteroatoms. The summed E-state index contributed by atoms with van der Waals surface area (Å²) in [7, 11) is 1.67. The quantitative estimate of drug-likeness (QED) is 0.718. The van der Waals surface area contributed by atoms with Crippen LogP contribution in [0, 0.1) is 0 Å². The Morgan fingerprint density at radius 2 is 2.24 bits per heavy atom. The fourth-order valence-electron chi connectivity index (χ4n) is 1.57. The molecule has 0 fully saturated rings. The van der Waals surface area contributed by atoms with Gasteiger partial charge < -0.3 is 15.8 Å². The highest BCUT2D eigenvalue weighted by atomic mass is 16.5. The van der Waals surface area contributed by atoms with Crippen molar-refractivity contribution < 1.29 is 4.74 Å². The Bertz CT molecular complexity index is 482. The molecule has 0 aliphatic carbocycles. The Morgan fingerprint density at radius 3 is 2.94 bits per heavy atom. The average molecular weight is 233 g/mol. The van der Waals surface area contributed by atoms with Crippen molar-refractivity contribution in [3.63, 3.8) is 0 Å². The summed E-state index contributed by atoms with van der Waals surface area (Å²) in [5.74, 6) is 1.71. The third-order valence-corrected chi connectivity index (χ3v) is 2.37. The molecule has 0 saturated carbocycles. The Hall–Kier alpha value is -2.24. The Morgan fingerprint density at radius 1 is 1.41 bits per heavy atom. The first-order valence-corrected chi connectivity index (χ1v) is 5.33. The Kier molecular flexibility index (Phi) is 3.44. The minimum Gasteiger partial charge on any atom is -0.496 e. The summed E-state index contributed by atoms with van der Waals surface area (Å²) < 4.78 is 5.27. The number of anilines is 2.